The molecule has 0 unspecified atom stereocenters. The van der Waals surface area contributed by atoms with E-state index in [1.165, 1.54) is 0 Å². The minimum Gasteiger partial charge on any atom is -0.452 e. The average molecular weight is 445 g/mol. The Balaban J connectivity index is 1.40. The predicted octanol–water partition coefficient (Wildman–Crippen LogP) is 4.23. The molecule has 6 heteroatoms. The number of hydrogen-bond donors (Lipinski definition) is 1. The molecular formula is C27H28N2O4. The molecule has 0 aromatic heterocycles. The second-order valence-electron chi connectivity index (χ2n) is 7.97. The Morgan fingerprint density at radius 2 is 1.39 bits per heavy atom. The third-order valence-corrected chi connectivity index (χ3v) is 5.67. The lowest BCUT2D eigenvalue weighted by atomic mass is 9.91. The molecule has 3 aromatic carbocycles. The molecule has 1 heterocycles. The summed E-state index contributed by atoms with van der Waals surface area (Å²) < 4.78 is 11.0. The number of carbonyl (C=O) groups is 2. The van der Waals surface area contributed by atoms with Crippen molar-refractivity contribution in [3.63, 3.8) is 0 Å². The minimum atomic E-state index is -0.939. The van der Waals surface area contributed by atoms with E-state index in [2.05, 4.69) is 10.2 Å². The fourth-order valence-corrected chi connectivity index (χ4v) is 3.87. The van der Waals surface area contributed by atoms with E-state index in [1.54, 1.807) is 6.92 Å². The molecule has 0 saturated carbocycles. The normalized spacial score (nSPS) is 14.5. The second kappa shape index (κ2) is 10.8. The SMILES string of the molecule is C[C@H](OC(=O)C(c1ccccc1)c1ccccc1)C(=O)Nc1ccc(N2CCOCC2)cc1. The molecule has 1 amide bonds. The fourth-order valence-electron chi connectivity index (χ4n) is 3.87. The first-order valence-corrected chi connectivity index (χ1v) is 11.2. The van der Waals surface area contributed by atoms with Crippen molar-refractivity contribution in [2.45, 2.75) is 18.9 Å². The maximum atomic E-state index is 13.1. The number of anilines is 2. The van der Waals surface area contributed by atoms with E-state index in [9.17, 15) is 9.59 Å². The summed E-state index contributed by atoms with van der Waals surface area (Å²) in [4.78, 5) is 28.1. The van der Waals surface area contributed by atoms with Crippen LogP contribution in [0, 0.1) is 0 Å². The van der Waals surface area contributed by atoms with E-state index in [0.717, 1.165) is 29.9 Å². The Morgan fingerprint density at radius 1 is 0.848 bits per heavy atom. The van der Waals surface area contributed by atoms with Crippen LogP contribution in [-0.2, 0) is 19.1 Å². The summed E-state index contributed by atoms with van der Waals surface area (Å²) in [6, 6.07) is 26.5. The molecule has 1 aliphatic heterocycles. The number of ether oxygens (including phenoxy) is 2. The first kappa shape index (κ1) is 22.6. The molecule has 1 N–H and O–H groups in total. The highest BCUT2D eigenvalue weighted by Gasteiger charge is 2.28. The van der Waals surface area contributed by atoms with E-state index in [1.807, 2.05) is 84.9 Å². The maximum Gasteiger partial charge on any atom is 0.318 e. The molecule has 0 bridgehead atoms. The van der Waals surface area contributed by atoms with Crippen LogP contribution in [0.4, 0.5) is 11.4 Å². The van der Waals surface area contributed by atoms with Crippen molar-refractivity contribution in [3.8, 4) is 0 Å². The number of nitrogens with zero attached hydrogens (tertiary/aromatic N) is 1. The highest BCUT2D eigenvalue weighted by molar-refractivity contribution is 5.96. The van der Waals surface area contributed by atoms with Crippen molar-refractivity contribution >= 4 is 23.3 Å². The van der Waals surface area contributed by atoms with Gasteiger partial charge in [0.05, 0.1) is 13.2 Å². The lowest BCUT2D eigenvalue weighted by molar-refractivity contribution is -0.153. The average Bonchev–Trinajstić information content (AvgIpc) is 2.86. The van der Waals surface area contributed by atoms with Crippen LogP contribution in [-0.4, -0.2) is 44.3 Å². The van der Waals surface area contributed by atoms with Crippen LogP contribution in [0.1, 0.15) is 24.0 Å². The quantitative estimate of drug-likeness (QED) is 0.553. The van der Waals surface area contributed by atoms with Crippen molar-refractivity contribution < 1.29 is 19.1 Å². The summed E-state index contributed by atoms with van der Waals surface area (Å²) in [6.07, 6.45) is -0.939. The van der Waals surface area contributed by atoms with Crippen molar-refractivity contribution in [2.24, 2.45) is 0 Å². The van der Waals surface area contributed by atoms with Gasteiger partial charge in [0.25, 0.3) is 5.91 Å². The zero-order valence-electron chi connectivity index (χ0n) is 18.6. The summed E-state index contributed by atoms with van der Waals surface area (Å²) >= 11 is 0. The molecule has 1 atom stereocenters. The molecule has 33 heavy (non-hydrogen) atoms. The minimum absolute atomic E-state index is 0.373. The van der Waals surface area contributed by atoms with Crippen LogP contribution < -0.4 is 10.2 Å². The van der Waals surface area contributed by atoms with Crippen molar-refractivity contribution in [1.82, 2.24) is 0 Å². The van der Waals surface area contributed by atoms with Crippen LogP contribution in [0.3, 0.4) is 0 Å². The molecule has 4 rings (SSSR count). The van der Waals surface area contributed by atoms with Gasteiger partial charge in [0.15, 0.2) is 6.10 Å². The number of benzene rings is 3. The van der Waals surface area contributed by atoms with Gasteiger partial charge >= 0.3 is 5.97 Å². The number of carbonyl (C=O) groups excluding carboxylic acids is 2. The standard InChI is InChI=1S/C27H28N2O4/c1-20(26(30)28-23-12-14-24(15-13-23)29-16-18-32-19-17-29)33-27(31)25(21-8-4-2-5-9-21)22-10-6-3-7-11-22/h2-15,20,25H,16-19H2,1H3,(H,28,30)/t20-/m0/s1. The lowest BCUT2D eigenvalue weighted by Gasteiger charge is -2.29. The molecule has 3 aromatic rings. The summed E-state index contributed by atoms with van der Waals surface area (Å²) in [7, 11) is 0. The van der Waals surface area contributed by atoms with E-state index in [0.29, 0.717) is 18.9 Å². The van der Waals surface area contributed by atoms with Gasteiger partial charge in [-0.05, 0) is 42.3 Å². The van der Waals surface area contributed by atoms with Gasteiger partial charge in [-0.15, -0.1) is 0 Å². The third-order valence-electron chi connectivity index (χ3n) is 5.67. The lowest BCUT2D eigenvalue weighted by Crippen LogP contribution is -2.36. The van der Waals surface area contributed by atoms with Crippen molar-refractivity contribution in [3.05, 3.63) is 96.1 Å². The molecule has 0 aliphatic carbocycles. The van der Waals surface area contributed by atoms with Gasteiger partial charge in [-0.2, -0.15) is 0 Å². The van der Waals surface area contributed by atoms with Crippen LogP contribution in [0.15, 0.2) is 84.9 Å². The summed E-state index contributed by atoms with van der Waals surface area (Å²) in [6.45, 7) is 4.72. The van der Waals surface area contributed by atoms with Gasteiger partial charge < -0.3 is 19.7 Å². The van der Waals surface area contributed by atoms with Gasteiger partial charge in [0.2, 0.25) is 0 Å². The van der Waals surface area contributed by atoms with Crippen LogP contribution in [0.5, 0.6) is 0 Å². The van der Waals surface area contributed by atoms with Crippen LogP contribution in [0.2, 0.25) is 0 Å². The first-order chi connectivity index (χ1) is 16.1. The molecule has 0 radical (unpaired) electrons. The Morgan fingerprint density at radius 3 is 1.94 bits per heavy atom. The monoisotopic (exact) mass is 444 g/mol. The second-order valence-corrected chi connectivity index (χ2v) is 7.97. The van der Waals surface area contributed by atoms with E-state index < -0.39 is 18.0 Å². The number of rotatable bonds is 7. The van der Waals surface area contributed by atoms with Gasteiger partial charge in [-0.1, -0.05) is 60.7 Å². The Labute approximate surface area is 194 Å². The molecule has 1 saturated heterocycles. The largest absolute Gasteiger partial charge is 0.452 e. The molecule has 6 nitrogen and oxygen atoms in total. The van der Waals surface area contributed by atoms with Gasteiger partial charge in [-0.3, -0.25) is 9.59 Å². The number of nitrogens with one attached hydrogen (secondary N) is 1. The van der Waals surface area contributed by atoms with Gasteiger partial charge in [-0.25, -0.2) is 0 Å². The van der Waals surface area contributed by atoms with Crippen molar-refractivity contribution in [1.29, 1.82) is 0 Å². The van der Waals surface area contributed by atoms with E-state index in [4.69, 9.17) is 9.47 Å². The number of hydrogen-bond acceptors (Lipinski definition) is 5. The van der Waals surface area contributed by atoms with Crippen LogP contribution >= 0.6 is 0 Å². The zero-order chi connectivity index (χ0) is 23.0. The summed E-state index contributed by atoms with van der Waals surface area (Å²) in [5.74, 6) is -1.43. The Bertz CT molecular complexity index is 1010. The Kier molecular flexibility index (Phi) is 7.37. The smallest absolute Gasteiger partial charge is 0.318 e. The van der Waals surface area contributed by atoms with Crippen LogP contribution in [0.25, 0.3) is 0 Å². The van der Waals surface area contributed by atoms with E-state index >= 15 is 0 Å². The summed E-state index contributed by atoms with van der Waals surface area (Å²) in [5, 5.41) is 2.84. The Hall–Kier alpha value is -3.64. The summed E-state index contributed by atoms with van der Waals surface area (Å²) in [5.41, 5.74) is 3.38. The first-order valence-electron chi connectivity index (χ1n) is 11.2. The molecule has 1 aliphatic rings. The highest BCUT2D eigenvalue weighted by atomic mass is 16.5. The molecule has 1 fully saturated rings. The fraction of sp³-hybridized carbons (Fsp3) is 0.259. The van der Waals surface area contributed by atoms with E-state index in [-0.39, 0.29) is 5.91 Å². The molecule has 170 valence electrons. The van der Waals surface area contributed by atoms with Gasteiger partial charge in [0.1, 0.15) is 5.92 Å². The topological polar surface area (TPSA) is 67.9 Å². The third kappa shape index (κ3) is 5.79. The maximum absolute atomic E-state index is 13.1. The zero-order valence-corrected chi connectivity index (χ0v) is 18.6. The number of amides is 1. The highest BCUT2D eigenvalue weighted by Crippen LogP contribution is 2.27. The number of morpholine rings is 1. The molecular weight excluding hydrogens is 416 g/mol. The van der Waals surface area contributed by atoms with Gasteiger partial charge in [0, 0.05) is 24.5 Å². The predicted molar refractivity (Wildman–Crippen MR) is 128 cm³/mol. The number of esters is 1. The van der Waals surface area contributed by atoms with Crippen molar-refractivity contribution in [2.75, 3.05) is 36.5 Å². The molecule has 0 spiro atoms.